The molecule has 14 heavy (non-hydrogen) atoms. The Balaban J connectivity index is 2.19. The van der Waals surface area contributed by atoms with Crippen molar-refractivity contribution in [2.24, 2.45) is 0 Å². The first kappa shape index (κ1) is 10.5. The van der Waals surface area contributed by atoms with Gasteiger partial charge in [-0.1, -0.05) is 0 Å². The summed E-state index contributed by atoms with van der Waals surface area (Å²) < 4.78 is 10.0. The quantitative estimate of drug-likeness (QED) is 0.666. The minimum atomic E-state index is -0.235. The van der Waals surface area contributed by atoms with E-state index in [-0.39, 0.29) is 12.4 Å². The monoisotopic (exact) mass is 195 g/mol. The molecule has 0 saturated carbocycles. The van der Waals surface area contributed by atoms with Crippen molar-refractivity contribution in [3.8, 4) is 5.75 Å². The van der Waals surface area contributed by atoms with Crippen LogP contribution in [0.25, 0.3) is 0 Å². The zero-order chi connectivity index (χ0) is 10.2. The molecule has 0 saturated heterocycles. The number of nitrogens with zero attached hydrogens (tertiary/aromatic N) is 1. The van der Waals surface area contributed by atoms with Crippen LogP contribution in [0.5, 0.6) is 5.75 Å². The van der Waals surface area contributed by atoms with Crippen molar-refractivity contribution < 1.29 is 14.3 Å². The van der Waals surface area contributed by atoms with Gasteiger partial charge in [-0.25, -0.2) is 0 Å². The van der Waals surface area contributed by atoms with Crippen LogP contribution in [-0.2, 0) is 9.53 Å². The lowest BCUT2D eigenvalue weighted by molar-refractivity contribution is -0.143. The fraction of sp³-hybridized carbons (Fsp3) is 0.400. The summed E-state index contributed by atoms with van der Waals surface area (Å²) in [6, 6.07) is 3.48. The Morgan fingerprint density at radius 1 is 1.43 bits per heavy atom. The number of esters is 1. The summed E-state index contributed by atoms with van der Waals surface area (Å²) in [5.41, 5.74) is 0. The molecule has 0 aliphatic heterocycles. The number of ether oxygens (including phenoxy) is 2. The number of carbonyl (C=O) groups excluding carboxylic acids is 1. The minimum Gasteiger partial charge on any atom is -0.493 e. The Kier molecular flexibility index (Phi) is 4.47. The van der Waals surface area contributed by atoms with E-state index in [1.165, 1.54) is 0 Å². The molecule has 4 nitrogen and oxygen atoms in total. The van der Waals surface area contributed by atoms with E-state index in [4.69, 9.17) is 9.47 Å². The largest absolute Gasteiger partial charge is 0.493 e. The molecule has 0 radical (unpaired) electrons. The topological polar surface area (TPSA) is 48.4 Å². The van der Waals surface area contributed by atoms with Crippen LogP contribution in [0.3, 0.4) is 0 Å². The van der Waals surface area contributed by atoms with Gasteiger partial charge in [-0.2, -0.15) is 0 Å². The molecule has 0 aromatic carbocycles. The maximum absolute atomic E-state index is 10.9. The average Bonchev–Trinajstić information content (AvgIpc) is 2.20. The van der Waals surface area contributed by atoms with Crippen LogP contribution >= 0.6 is 0 Å². The molecule has 0 fully saturated rings. The van der Waals surface area contributed by atoms with E-state index in [1.54, 1.807) is 31.5 Å². The molecule has 0 amide bonds. The van der Waals surface area contributed by atoms with Gasteiger partial charge in [0.2, 0.25) is 0 Å². The van der Waals surface area contributed by atoms with Crippen LogP contribution in [-0.4, -0.2) is 24.2 Å². The highest BCUT2D eigenvalue weighted by atomic mass is 16.5. The van der Waals surface area contributed by atoms with E-state index in [0.29, 0.717) is 19.0 Å². The molecule has 0 bridgehead atoms. The Labute approximate surface area is 82.9 Å². The van der Waals surface area contributed by atoms with Crippen molar-refractivity contribution in [1.29, 1.82) is 0 Å². The van der Waals surface area contributed by atoms with Crippen LogP contribution in [0, 0.1) is 0 Å². The zero-order valence-corrected chi connectivity index (χ0v) is 8.10. The number of hydrogen-bond donors (Lipinski definition) is 0. The van der Waals surface area contributed by atoms with Crippen LogP contribution in [0.15, 0.2) is 24.5 Å². The third kappa shape index (κ3) is 3.89. The second-order valence-electron chi connectivity index (χ2n) is 2.59. The molecule has 0 aliphatic rings. The highest BCUT2D eigenvalue weighted by Crippen LogP contribution is 2.06. The molecule has 0 N–H and O–H groups in total. The van der Waals surface area contributed by atoms with Gasteiger partial charge in [-0.3, -0.25) is 9.78 Å². The lowest BCUT2D eigenvalue weighted by Crippen LogP contribution is -2.09. The predicted molar refractivity (Wildman–Crippen MR) is 51.0 cm³/mol. The Bertz CT molecular complexity index is 274. The summed E-state index contributed by atoms with van der Waals surface area (Å²) >= 11 is 0. The van der Waals surface area contributed by atoms with Gasteiger partial charge in [0.05, 0.1) is 19.6 Å². The first-order valence-corrected chi connectivity index (χ1v) is 4.51. The van der Waals surface area contributed by atoms with E-state index < -0.39 is 0 Å². The normalized spacial score (nSPS) is 9.50. The van der Waals surface area contributed by atoms with E-state index in [1.807, 2.05) is 0 Å². The number of rotatable bonds is 5. The minimum absolute atomic E-state index is 0.235. The lowest BCUT2D eigenvalue weighted by atomic mass is 10.4. The van der Waals surface area contributed by atoms with Crippen molar-refractivity contribution >= 4 is 5.97 Å². The van der Waals surface area contributed by atoms with Crippen molar-refractivity contribution in [3.63, 3.8) is 0 Å². The summed E-state index contributed by atoms with van der Waals surface area (Å²) in [6.07, 6.45) is 3.55. The Hall–Kier alpha value is -1.58. The average molecular weight is 195 g/mol. The first-order valence-electron chi connectivity index (χ1n) is 4.51. The van der Waals surface area contributed by atoms with Gasteiger partial charge >= 0.3 is 5.97 Å². The van der Waals surface area contributed by atoms with Gasteiger partial charge in [0.1, 0.15) is 5.75 Å². The summed E-state index contributed by atoms with van der Waals surface area (Å²) in [7, 11) is 0. The van der Waals surface area contributed by atoms with Crippen molar-refractivity contribution in [2.45, 2.75) is 13.3 Å². The molecule has 76 valence electrons. The second-order valence-corrected chi connectivity index (χ2v) is 2.59. The van der Waals surface area contributed by atoms with E-state index in [2.05, 4.69) is 4.98 Å². The lowest BCUT2D eigenvalue weighted by Gasteiger charge is -2.04. The highest BCUT2D eigenvalue weighted by Gasteiger charge is 2.01. The number of aromatic nitrogens is 1. The molecule has 1 aromatic rings. The summed E-state index contributed by atoms with van der Waals surface area (Å²) in [5.74, 6) is 0.478. The molecule has 1 heterocycles. The number of pyridine rings is 1. The molecule has 0 unspecified atom stereocenters. The maximum Gasteiger partial charge on any atom is 0.309 e. The van der Waals surface area contributed by atoms with E-state index in [0.717, 1.165) is 0 Å². The Morgan fingerprint density at radius 2 is 2.14 bits per heavy atom. The van der Waals surface area contributed by atoms with Gasteiger partial charge < -0.3 is 9.47 Å². The summed E-state index contributed by atoms with van der Waals surface area (Å²) in [5, 5.41) is 0. The van der Waals surface area contributed by atoms with Gasteiger partial charge in [-0.05, 0) is 19.1 Å². The van der Waals surface area contributed by atoms with Crippen molar-refractivity contribution in [2.75, 3.05) is 13.2 Å². The van der Waals surface area contributed by atoms with E-state index in [9.17, 15) is 4.79 Å². The van der Waals surface area contributed by atoms with Gasteiger partial charge in [0.25, 0.3) is 0 Å². The second kappa shape index (κ2) is 5.96. The third-order valence-corrected chi connectivity index (χ3v) is 1.53. The smallest absolute Gasteiger partial charge is 0.309 e. The molecule has 4 heteroatoms. The van der Waals surface area contributed by atoms with Gasteiger partial charge in [-0.15, -0.1) is 0 Å². The van der Waals surface area contributed by atoms with Gasteiger partial charge in [0, 0.05) is 12.4 Å². The Morgan fingerprint density at radius 3 is 2.79 bits per heavy atom. The van der Waals surface area contributed by atoms with Crippen LogP contribution in [0.2, 0.25) is 0 Å². The molecular formula is C10H13NO3. The van der Waals surface area contributed by atoms with Gasteiger partial charge in [0.15, 0.2) is 0 Å². The van der Waals surface area contributed by atoms with Crippen molar-refractivity contribution in [1.82, 2.24) is 4.98 Å². The predicted octanol–water partition coefficient (Wildman–Crippen LogP) is 1.41. The van der Waals surface area contributed by atoms with Crippen LogP contribution in [0.4, 0.5) is 0 Å². The molecule has 1 rings (SSSR count). The number of hydrogen-bond acceptors (Lipinski definition) is 4. The fourth-order valence-electron chi connectivity index (χ4n) is 0.920. The molecule has 0 aliphatic carbocycles. The maximum atomic E-state index is 10.9. The molecule has 0 spiro atoms. The van der Waals surface area contributed by atoms with Crippen LogP contribution < -0.4 is 4.74 Å². The highest BCUT2D eigenvalue weighted by molar-refractivity contribution is 5.69. The van der Waals surface area contributed by atoms with Crippen molar-refractivity contribution in [3.05, 3.63) is 24.5 Å². The first-order chi connectivity index (χ1) is 6.83. The standard InChI is InChI=1S/C10H13NO3/c1-2-13-10(12)5-8-14-9-3-6-11-7-4-9/h3-4,6-7H,2,5,8H2,1H3. The van der Waals surface area contributed by atoms with E-state index >= 15 is 0 Å². The SMILES string of the molecule is CCOC(=O)CCOc1ccncc1. The molecule has 0 atom stereocenters. The number of carbonyl (C=O) groups is 1. The summed E-state index contributed by atoms with van der Waals surface area (Å²) in [4.78, 5) is 14.8. The molecular weight excluding hydrogens is 182 g/mol. The molecule has 1 aromatic heterocycles. The summed E-state index contributed by atoms with van der Waals surface area (Å²) in [6.45, 7) is 2.53. The zero-order valence-electron chi connectivity index (χ0n) is 8.10. The van der Waals surface area contributed by atoms with Crippen LogP contribution in [0.1, 0.15) is 13.3 Å². The fourth-order valence-corrected chi connectivity index (χ4v) is 0.920. The third-order valence-electron chi connectivity index (χ3n) is 1.53.